The highest BCUT2D eigenvalue weighted by Crippen LogP contribution is 2.31. The van der Waals surface area contributed by atoms with Gasteiger partial charge in [-0.3, -0.25) is 0 Å². The number of nitrogens with one attached hydrogen (secondary N) is 1. The number of carbonyl (C=O) groups is 1. The number of hydrogen-bond acceptors (Lipinski definition) is 3. The fourth-order valence-corrected chi connectivity index (χ4v) is 2.31. The highest BCUT2D eigenvalue weighted by Gasteiger charge is 2.29. The van der Waals surface area contributed by atoms with Crippen LogP contribution in [0.25, 0.3) is 0 Å². The van der Waals surface area contributed by atoms with Crippen LogP contribution in [0.3, 0.4) is 0 Å². The lowest BCUT2D eigenvalue weighted by molar-refractivity contribution is 0.0598. The van der Waals surface area contributed by atoms with Crippen LogP contribution in [-0.4, -0.2) is 19.6 Å². The van der Waals surface area contributed by atoms with Crippen molar-refractivity contribution in [1.82, 2.24) is 5.32 Å². The molecule has 0 bridgehead atoms. The van der Waals surface area contributed by atoms with Gasteiger partial charge in [0.25, 0.3) is 0 Å². The van der Waals surface area contributed by atoms with Crippen molar-refractivity contribution < 1.29 is 9.53 Å². The minimum atomic E-state index is -0.253. The first-order valence-electron chi connectivity index (χ1n) is 5.47. The minimum absolute atomic E-state index is 0.0671. The molecule has 0 aliphatic carbocycles. The van der Waals surface area contributed by atoms with Gasteiger partial charge in [0, 0.05) is 18.5 Å². The van der Waals surface area contributed by atoms with E-state index in [4.69, 9.17) is 4.74 Å². The van der Waals surface area contributed by atoms with Gasteiger partial charge in [-0.1, -0.05) is 26.0 Å². The summed E-state index contributed by atoms with van der Waals surface area (Å²) in [5.74, 6) is -0.253. The zero-order chi connectivity index (χ0) is 11.8. The van der Waals surface area contributed by atoms with Gasteiger partial charge in [-0.05, 0) is 17.2 Å². The molecule has 0 amide bonds. The van der Waals surface area contributed by atoms with Crippen molar-refractivity contribution in [2.75, 3.05) is 13.7 Å². The summed E-state index contributed by atoms with van der Waals surface area (Å²) in [6.45, 7) is 6.03. The van der Waals surface area contributed by atoms with Crippen LogP contribution >= 0.6 is 0 Å². The topological polar surface area (TPSA) is 38.3 Å². The van der Waals surface area contributed by atoms with E-state index in [9.17, 15) is 4.79 Å². The molecule has 0 atom stereocenters. The maximum atomic E-state index is 11.6. The highest BCUT2D eigenvalue weighted by atomic mass is 16.5. The summed E-state index contributed by atoms with van der Waals surface area (Å²) < 4.78 is 4.80. The van der Waals surface area contributed by atoms with Crippen molar-refractivity contribution in [3.63, 3.8) is 0 Å². The molecule has 1 aliphatic rings. The molecular formula is C13H17NO2. The summed E-state index contributed by atoms with van der Waals surface area (Å²) in [4.78, 5) is 11.6. The maximum Gasteiger partial charge on any atom is 0.338 e. The standard InChI is InChI=1S/C13H17NO2/c1-13(2)8-14-7-10-9(12(15)16-3)5-4-6-11(10)13/h4-6,14H,7-8H2,1-3H3. The van der Waals surface area contributed by atoms with Crippen molar-refractivity contribution >= 4 is 5.97 Å². The van der Waals surface area contributed by atoms with Gasteiger partial charge in [-0.25, -0.2) is 4.79 Å². The summed E-state index contributed by atoms with van der Waals surface area (Å²) in [5, 5.41) is 3.34. The normalized spacial score (nSPS) is 17.7. The second-order valence-corrected chi connectivity index (χ2v) is 4.81. The Labute approximate surface area is 95.8 Å². The lowest BCUT2D eigenvalue weighted by Gasteiger charge is -2.34. The van der Waals surface area contributed by atoms with E-state index < -0.39 is 0 Å². The molecule has 16 heavy (non-hydrogen) atoms. The largest absolute Gasteiger partial charge is 0.465 e. The van der Waals surface area contributed by atoms with Gasteiger partial charge in [0.1, 0.15) is 0 Å². The van der Waals surface area contributed by atoms with Crippen molar-refractivity contribution in [2.24, 2.45) is 0 Å². The lowest BCUT2D eigenvalue weighted by atomic mass is 9.78. The number of methoxy groups -OCH3 is 1. The van der Waals surface area contributed by atoms with Gasteiger partial charge in [0.05, 0.1) is 12.7 Å². The number of fused-ring (bicyclic) bond motifs is 1. The van der Waals surface area contributed by atoms with Crippen molar-refractivity contribution in [3.8, 4) is 0 Å². The van der Waals surface area contributed by atoms with Crippen LogP contribution in [0.2, 0.25) is 0 Å². The molecule has 0 saturated carbocycles. The van der Waals surface area contributed by atoms with Gasteiger partial charge in [-0.15, -0.1) is 0 Å². The van der Waals surface area contributed by atoms with Crippen molar-refractivity contribution in [1.29, 1.82) is 0 Å². The number of benzene rings is 1. The quantitative estimate of drug-likeness (QED) is 0.733. The van der Waals surface area contributed by atoms with Crippen LogP contribution in [-0.2, 0) is 16.7 Å². The average Bonchev–Trinajstić information content (AvgIpc) is 2.27. The highest BCUT2D eigenvalue weighted by molar-refractivity contribution is 5.91. The predicted octanol–water partition coefficient (Wildman–Crippen LogP) is 1.85. The first-order chi connectivity index (χ1) is 7.56. The summed E-state index contributed by atoms with van der Waals surface area (Å²) >= 11 is 0. The Morgan fingerprint density at radius 1 is 1.44 bits per heavy atom. The SMILES string of the molecule is COC(=O)c1cccc2c1CNCC2(C)C. The summed E-state index contributed by atoms with van der Waals surface area (Å²) in [5.41, 5.74) is 3.07. The van der Waals surface area contributed by atoms with Crippen LogP contribution in [0.5, 0.6) is 0 Å². The molecule has 86 valence electrons. The van der Waals surface area contributed by atoms with E-state index in [-0.39, 0.29) is 11.4 Å². The van der Waals surface area contributed by atoms with Gasteiger partial charge in [0.2, 0.25) is 0 Å². The van der Waals surface area contributed by atoms with Crippen molar-refractivity contribution in [3.05, 3.63) is 34.9 Å². The third-order valence-electron chi connectivity index (χ3n) is 3.18. The molecule has 0 spiro atoms. The summed E-state index contributed by atoms with van der Waals surface area (Å²) in [7, 11) is 1.42. The molecule has 1 aromatic rings. The Kier molecular flexibility index (Phi) is 2.72. The smallest absolute Gasteiger partial charge is 0.338 e. The number of carbonyl (C=O) groups excluding carboxylic acids is 1. The zero-order valence-corrected chi connectivity index (χ0v) is 9.96. The molecule has 0 fully saturated rings. The van der Waals surface area contributed by atoms with Crippen LogP contribution in [0.1, 0.15) is 35.3 Å². The molecule has 1 heterocycles. The number of esters is 1. The Balaban J connectivity index is 2.55. The Morgan fingerprint density at radius 3 is 2.88 bits per heavy atom. The predicted molar refractivity (Wildman–Crippen MR) is 62.5 cm³/mol. The number of rotatable bonds is 1. The Hall–Kier alpha value is -1.35. The molecule has 0 radical (unpaired) electrons. The zero-order valence-electron chi connectivity index (χ0n) is 9.96. The molecule has 1 N–H and O–H groups in total. The van der Waals surface area contributed by atoms with E-state index in [0.29, 0.717) is 5.56 Å². The third kappa shape index (κ3) is 1.71. The first kappa shape index (κ1) is 11.1. The summed E-state index contributed by atoms with van der Waals surface area (Å²) in [6.07, 6.45) is 0. The molecule has 2 rings (SSSR count). The molecule has 0 unspecified atom stereocenters. The third-order valence-corrected chi connectivity index (χ3v) is 3.18. The van der Waals surface area contributed by atoms with Gasteiger partial charge in [-0.2, -0.15) is 0 Å². The second kappa shape index (κ2) is 3.91. The van der Waals surface area contributed by atoms with Crippen LogP contribution in [0.15, 0.2) is 18.2 Å². The minimum Gasteiger partial charge on any atom is -0.465 e. The molecule has 3 nitrogen and oxygen atoms in total. The van der Waals surface area contributed by atoms with Crippen LogP contribution in [0.4, 0.5) is 0 Å². The molecule has 3 heteroatoms. The van der Waals surface area contributed by atoms with E-state index in [0.717, 1.165) is 18.7 Å². The van der Waals surface area contributed by atoms with E-state index in [1.54, 1.807) is 0 Å². The number of ether oxygens (including phenoxy) is 1. The van der Waals surface area contributed by atoms with Gasteiger partial charge < -0.3 is 10.1 Å². The van der Waals surface area contributed by atoms with E-state index >= 15 is 0 Å². The molecule has 0 aromatic heterocycles. The second-order valence-electron chi connectivity index (χ2n) is 4.81. The number of hydrogen-bond donors (Lipinski definition) is 1. The summed E-state index contributed by atoms with van der Waals surface area (Å²) in [6, 6.07) is 5.86. The van der Waals surface area contributed by atoms with Gasteiger partial charge >= 0.3 is 5.97 Å². The Bertz CT molecular complexity index is 424. The first-order valence-corrected chi connectivity index (χ1v) is 5.47. The molecular weight excluding hydrogens is 202 g/mol. The fraction of sp³-hybridized carbons (Fsp3) is 0.462. The van der Waals surface area contributed by atoms with E-state index in [2.05, 4.69) is 25.2 Å². The fourth-order valence-electron chi connectivity index (χ4n) is 2.31. The van der Waals surface area contributed by atoms with Gasteiger partial charge in [0.15, 0.2) is 0 Å². The molecule has 1 aromatic carbocycles. The Morgan fingerprint density at radius 2 is 2.19 bits per heavy atom. The van der Waals surface area contributed by atoms with Crippen LogP contribution < -0.4 is 5.32 Å². The van der Waals surface area contributed by atoms with Crippen molar-refractivity contribution in [2.45, 2.75) is 25.8 Å². The lowest BCUT2D eigenvalue weighted by Crippen LogP contribution is -2.39. The molecule has 0 saturated heterocycles. The molecule has 1 aliphatic heterocycles. The average molecular weight is 219 g/mol. The maximum absolute atomic E-state index is 11.6. The monoisotopic (exact) mass is 219 g/mol. The van der Waals surface area contributed by atoms with E-state index in [1.807, 2.05) is 12.1 Å². The van der Waals surface area contributed by atoms with Crippen LogP contribution in [0, 0.1) is 0 Å². The van der Waals surface area contributed by atoms with E-state index in [1.165, 1.54) is 12.7 Å².